The number of nitrogens with zero attached hydrogens (tertiary/aromatic N) is 1. The molecule has 0 radical (unpaired) electrons. The lowest BCUT2D eigenvalue weighted by Gasteiger charge is -2.22. The fraction of sp³-hybridized carbons (Fsp3) is 0.0385. The van der Waals surface area contributed by atoms with Crippen LogP contribution in [0.15, 0.2) is 109 Å². The Morgan fingerprint density at radius 2 is 1.27 bits per heavy atom. The van der Waals surface area contributed by atoms with E-state index in [1.165, 1.54) is 6.07 Å². The molecule has 7 heteroatoms. The Morgan fingerprint density at radius 3 is 1.88 bits per heavy atom. The van der Waals surface area contributed by atoms with E-state index in [0.29, 0.717) is 21.5 Å². The Labute approximate surface area is 191 Å². The predicted molar refractivity (Wildman–Crippen MR) is 130 cm³/mol. The Hall–Kier alpha value is -4.02. The molecule has 0 unspecified atom stereocenters. The molecule has 0 spiro atoms. The highest BCUT2D eigenvalue weighted by atomic mass is 31.2. The van der Waals surface area contributed by atoms with Gasteiger partial charge in [-0.15, -0.1) is 0 Å². The molecular weight excluding hydrogens is 435 g/mol. The van der Waals surface area contributed by atoms with Gasteiger partial charge in [-0.25, -0.2) is 0 Å². The number of nitro groups is 1. The first kappa shape index (κ1) is 22.2. The summed E-state index contributed by atoms with van der Waals surface area (Å²) in [5.41, 5.74) is 0.597. The largest absolute Gasteiger partial charge is 0.348 e. The average molecular weight is 456 g/mol. The second kappa shape index (κ2) is 9.63. The van der Waals surface area contributed by atoms with E-state index in [9.17, 15) is 19.5 Å². The summed E-state index contributed by atoms with van der Waals surface area (Å²) in [5, 5.41) is 15.7. The summed E-state index contributed by atoms with van der Waals surface area (Å²) in [6.45, 7) is -0.0225. The topological polar surface area (TPSA) is 89.3 Å². The van der Waals surface area contributed by atoms with Gasteiger partial charge in [-0.3, -0.25) is 14.9 Å². The number of carbonyl (C=O) groups excluding carboxylic acids is 1. The van der Waals surface area contributed by atoms with E-state index in [1.807, 2.05) is 36.4 Å². The second-order valence-corrected chi connectivity index (χ2v) is 10.1. The van der Waals surface area contributed by atoms with Crippen molar-refractivity contribution in [2.45, 2.75) is 6.54 Å². The first-order valence-electron chi connectivity index (χ1n) is 10.3. The highest BCUT2D eigenvalue weighted by Crippen LogP contribution is 2.43. The summed E-state index contributed by atoms with van der Waals surface area (Å²) < 4.78 is 14.7. The summed E-state index contributed by atoms with van der Waals surface area (Å²) in [6.07, 6.45) is 0. The van der Waals surface area contributed by atoms with Crippen LogP contribution in [0.1, 0.15) is 15.9 Å². The Kier molecular flexibility index (Phi) is 6.48. The summed E-state index contributed by atoms with van der Waals surface area (Å²) >= 11 is 0. The van der Waals surface area contributed by atoms with E-state index in [4.69, 9.17) is 0 Å². The minimum absolute atomic E-state index is 0.0225. The Morgan fingerprint density at radius 1 is 0.758 bits per heavy atom. The Balaban J connectivity index is 1.75. The minimum Gasteiger partial charge on any atom is -0.348 e. The molecule has 0 aliphatic heterocycles. The van der Waals surface area contributed by atoms with Gasteiger partial charge in [0.25, 0.3) is 11.6 Å². The number of benzene rings is 4. The van der Waals surface area contributed by atoms with Crippen LogP contribution < -0.4 is 21.2 Å². The molecule has 0 atom stereocenters. The molecule has 0 bridgehead atoms. The maximum absolute atomic E-state index is 14.7. The molecule has 0 fully saturated rings. The van der Waals surface area contributed by atoms with Gasteiger partial charge in [0.1, 0.15) is 0 Å². The fourth-order valence-electron chi connectivity index (χ4n) is 3.75. The van der Waals surface area contributed by atoms with Crippen molar-refractivity contribution in [3.05, 3.63) is 130 Å². The van der Waals surface area contributed by atoms with Crippen molar-refractivity contribution in [1.82, 2.24) is 5.32 Å². The quantitative estimate of drug-likeness (QED) is 0.257. The first-order chi connectivity index (χ1) is 16.0. The van der Waals surface area contributed by atoms with Gasteiger partial charge in [-0.1, -0.05) is 97.1 Å². The van der Waals surface area contributed by atoms with Gasteiger partial charge in [-0.2, -0.15) is 0 Å². The molecule has 0 aliphatic carbocycles. The molecule has 1 N–H and O–H groups in total. The molecule has 4 rings (SSSR count). The van der Waals surface area contributed by atoms with Crippen LogP contribution >= 0.6 is 7.14 Å². The number of nitro benzene ring substituents is 1. The zero-order valence-corrected chi connectivity index (χ0v) is 18.5. The van der Waals surface area contributed by atoms with E-state index in [-0.39, 0.29) is 17.8 Å². The van der Waals surface area contributed by atoms with E-state index in [1.54, 1.807) is 66.7 Å². The van der Waals surface area contributed by atoms with Crippen molar-refractivity contribution >= 4 is 34.7 Å². The van der Waals surface area contributed by atoms with Crippen molar-refractivity contribution in [2.24, 2.45) is 0 Å². The fourth-order valence-corrected chi connectivity index (χ4v) is 6.60. The van der Waals surface area contributed by atoms with Gasteiger partial charge < -0.3 is 9.88 Å². The molecule has 0 saturated carbocycles. The standard InChI is InChI=1S/C26H21N2O4P/c29-26(27-19-20-11-7-9-17-24(20)28(30)31)23-16-8-10-18-25(23)33(32,21-12-3-1-4-13-21)22-14-5-2-6-15-22/h1-18H,19H2,(H,27,29). The molecule has 0 aliphatic rings. The summed E-state index contributed by atoms with van der Waals surface area (Å²) in [6, 6.07) is 31.3. The monoisotopic (exact) mass is 456 g/mol. The van der Waals surface area contributed by atoms with E-state index >= 15 is 0 Å². The van der Waals surface area contributed by atoms with Gasteiger partial charge >= 0.3 is 0 Å². The minimum atomic E-state index is -3.36. The molecule has 0 aromatic heterocycles. The number of hydrogen-bond donors (Lipinski definition) is 1. The third-order valence-corrected chi connectivity index (χ3v) is 8.47. The molecule has 33 heavy (non-hydrogen) atoms. The molecular formula is C26H21N2O4P. The molecule has 0 heterocycles. The third kappa shape index (κ3) is 4.47. The van der Waals surface area contributed by atoms with Crippen molar-refractivity contribution in [3.8, 4) is 0 Å². The summed E-state index contributed by atoms with van der Waals surface area (Å²) in [7, 11) is -3.36. The number of hydrogen-bond acceptors (Lipinski definition) is 4. The van der Waals surface area contributed by atoms with Crippen LogP contribution in [0.3, 0.4) is 0 Å². The number of nitrogens with one attached hydrogen (secondary N) is 1. The number of carbonyl (C=O) groups is 1. The van der Waals surface area contributed by atoms with Crippen molar-refractivity contribution in [2.75, 3.05) is 0 Å². The molecule has 4 aromatic rings. The van der Waals surface area contributed by atoms with Crippen LogP contribution in [0.5, 0.6) is 0 Å². The zero-order valence-electron chi connectivity index (χ0n) is 17.6. The first-order valence-corrected chi connectivity index (χ1v) is 12.0. The van der Waals surface area contributed by atoms with Gasteiger partial charge in [0, 0.05) is 34.1 Å². The highest BCUT2D eigenvalue weighted by molar-refractivity contribution is 7.85. The predicted octanol–water partition coefficient (Wildman–Crippen LogP) is 4.16. The lowest BCUT2D eigenvalue weighted by molar-refractivity contribution is -0.385. The highest BCUT2D eigenvalue weighted by Gasteiger charge is 2.33. The van der Waals surface area contributed by atoms with Gasteiger partial charge in [0.15, 0.2) is 7.14 Å². The normalized spacial score (nSPS) is 11.0. The Bertz CT molecular complexity index is 1300. The van der Waals surface area contributed by atoms with Crippen LogP contribution in [0, 0.1) is 10.1 Å². The lowest BCUT2D eigenvalue weighted by atomic mass is 10.1. The smallest absolute Gasteiger partial charge is 0.274 e. The van der Waals surface area contributed by atoms with E-state index < -0.39 is 18.0 Å². The second-order valence-electron chi connectivity index (χ2n) is 7.37. The van der Waals surface area contributed by atoms with Crippen molar-refractivity contribution < 1.29 is 14.3 Å². The maximum atomic E-state index is 14.7. The number of rotatable bonds is 7. The van der Waals surface area contributed by atoms with Crippen LogP contribution in [-0.2, 0) is 11.1 Å². The molecule has 4 aromatic carbocycles. The SMILES string of the molecule is O=C(NCc1ccccc1[N+](=O)[O-])c1ccccc1P(=O)(c1ccccc1)c1ccccc1. The van der Waals surface area contributed by atoms with Crippen molar-refractivity contribution in [1.29, 1.82) is 0 Å². The molecule has 0 saturated heterocycles. The zero-order chi connectivity index (χ0) is 23.3. The lowest BCUT2D eigenvalue weighted by Crippen LogP contribution is -2.33. The van der Waals surface area contributed by atoms with E-state index in [2.05, 4.69) is 5.32 Å². The van der Waals surface area contributed by atoms with Gasteiger partial charge in [0.2, 0.25) is 0 Å². The molecule has 6 nitrogen and oxygen atoms in total. The average Bonchev–Trinajstić information content (AvgIpc) is 2.88. The molecule has 1 amide bonds. The van der Waals surface area contributed by atoms with Gasteiger partial charge in [0.05, 0.1) is 10.5 Å². The van der Waals surface area contributed by atoms with Crippen LogP contribution in [-0.4, -0.2) is 10.8 Å². The van der Waals surface area contributed by atoms with Crippen LogP contribution in [0.25, 0.3) is 0 Å². The molecule has 164 valence electrons. The van der Waals surface area contributed by atoms with Crippen molar-refractivity contribution in [3.63, 3.8) is 0 Å². The summed E-state index contributed by atoms with van der Waals surface area (Å²) in [4.78, 5) is 24.0. The third-order valence-electron chi connectivity index (χ3n) is 5.36. The van der Waals surface area contributed by atoms with Crippen LogP contribution in [0.4, 0.5) is 5.69 Å². The summed E-state index contributed by atoms with van der Waals surface area (Å²) in [5.74, 6) is -0.448. The van der Waals surface area contributed by atoms with Crippen LogP contribution in [0.2, 0.25) is 0 Å². The van der Waals surface area contributed by atoms with Gasteiger partial charge in [-0.05, 0) is 6.07 Å². The van der Waals surface area contributed by atoms with E-state index in [0.717, 1.165) is 0 Å². The maximum Gasteiger partial charge on any atom is 0.274 e. The number of amides is 1. The number of para-hydroxylation sites is 1.